The zero-order valence-corrected chi connectivity index (χ0v) is 38.2. The number of unbranched alkanes of at least 4 members (excludes halogenated alkanes) is 25. The first-order chi connectivity index (χ1) is 29.6. The summed E-state index contributed by atoms with van der Waals surface area (Å²) >= 11 is 0. The number of aliphatic hydroxyl groups is 8. The molecule has 2 fully saturated rings. The van der Waals surface area contributed by atoms with Gasteiger partial charge in [0.25, 0.3) is 0 Å². The van der Waals surface area contributed by atoms with E-state index < -0.39 is 86.8 Å². The van der Waals surface area contributed by atoms with Crippen molar-refractivity contribution < 1.29 is 64.6 Å². The number of carbonyl (C=O) groups excluding carboxylic acids is 1. The van der Waals surface area contributed by atoms with Gasteiger partial charge in [-0.3, -0.25) is 4.79 Å². The molecule has 14 heteroatoms. The van der Waals surface area contributed by atoms with Crippen LogP contribution in [0.1, 0.15) is 200 Å². The Morgan fingerprint density at radius 3 is 1.39 bits per heavy atom. The molecule has 0 aromatic carbocycles. The molecule has 0 aromatic heterocycles. The van der Waals surface area contributed by atoms with Crippen LogP contribution in [0.4, 0.5) is 0 Å². The fraction of sp³-hybridized carbons (Fsp3) is 0.979. The molecule has 0 bridgehead atoms. The van der Waals surface area contributed by atoms with Gasteiger partial charge in [-0.25, -0.2) is 0 Å². The number of nitrogens with one attached hydrogen (secondary N) is 1. The van der Waals surface area contributed by atoms with Gasteiger partial charge in [-0.1, -0.05) is 181 Å². The number of ether oxygens (including phenoxy) is 4. The first-order valence-corrected chi connectivity index (χ1v) is 24.8. The molecule has 2 aliphatic rings. The summed E-state index contributed by atoms with van der Waals surface area (Å²) in [7, 11) is 0. The summed E-state index contributed by atoms with van der Waals surface area (Å²) in [6.07, 6.45) is 16.7. The van der Waals surface area contributed by atoms with E-state index in [1.54, 1.807) is 0 Å². The fourth-order valence-corrected chi connectivity index (χ4v) is 8.47. The van der Waals surface area contributed by atoms with Crippen LogP contribution in [0.5, 0.6) is 0 Å². The highest BCUT2D eigenvalue weighted by molar-refractivity contribution is 5.76. The van der Waals surface area contributed by atoms with E-state index in [1.165, 1.54) is 122 Å². The van der Waals surface area contributed by atoms with Crippen molar-refractivity contribution in [1.82, 2.24) is 5.32 Å². The van der Waals surface area contributed by atoms with Crippen molar-refractivity contribution in [2.45, 2.75) is 274 Å². The van der Waals surface area contributed by atoms with Gasteiger partial charge in [0.15, 0.2) is 12.6 Å². The minimum atomic E-state index is -1.78. The topological polar surface area (TPSA) is 228 Å². The van der Waals surface area contributed by atoms with Gasteiger partial charge in [0.1, 0.15) is 48.8 Å². The monoisotopic (exact) mass is 878 g/mol. The molecule has 14 nitrogen and oxygen atoms in total. The van der Waals surface area contributed by atoms with Crippen LogP contribution in [-0.2, 0) is 23.7 Å². The van der Waals surface area contributed by atoms with Gasteiger partial charge in [0, 0.05) is 6.42 Å². The number of aliphatic hydroxyl groups excluding tert-OH is 8. The zero-order valence-electron chi connectivity index (χ0n) is 38.2. The molecule has 0 saturated carbocycles. The Morgan fingerprint density at radius 2 is 0.934 bits per heavy atom. The molecule has 2 saturated heterocycles. The van der Waals surface area contributed by atoms with Crippen LogP contribution in [-0.4, -0.2) is 140 Å². The van der Waals surface area contributed by atoms with Crippen LogP contribution in [0.2, 0.25) is 0 Å². The number of hydrogen-bond acceptors (Lipinski definition) is 13. The van der Waals surface area contributed by atoms with Crippen LogP contribution in [0.25, 0.3) is 0 Å². The van der Waals surface area contributed by atoms with Crippen LogP contribution >= 0.6 is 0 Å². The second kappa shape index (κ2) is 35.3. The molecule has 12 atom stereocenters. The first kappa shape index (κ1) is 56.1. The van der Waals surface area contributed by atoms with E-state index in [0.29, 0.717) is 12.8 Å². The average Bonchev–Trinajstić information content (AvgIpc) is 3.26. The summed E-state index contributed by atoms with van der Waals surface area (Å²) in [5.74, 6) is -0.206. The summed E-state index contributed by atoms with van der Waals surface area (Å²) in [6.45, 7) is 2.85. The van der Waals surface area contributed by atoms with Crippen molar-refractivity contribution >= 4 is 5.91 Å². The van der Waals surface area contributed by atoms with Gasteiger partial charge in [0.05, 0.1) is 32.0 Å². The molecule has 2 aliphatic heterocycles. The quantitative estimate of drug-likeness (QED) is 0.0334. The summed E-state index contributed by atoms with van der Waals surface area (Å²) in [5, 5.41) is 86.8. The number of carbonyl (C=O) groups is 1. The lowest BCUT2D eigenvalue weighted by atomic mass is 9.97. The largest absolute Gasteiger partial charge is 0.394 e. The third kappa shape index (κ3) is 23.1. The molecule has 2 rings (SSSR count). The minimum absolute atomic E-state index is 0.206. The Morgan fingerprint density at radius 1 is 0.525 bits per heavy atom. The Balaban J connectivity index is 1.85. The Hall–Kier alpha value is -1.01. The smallest absolute Gasteiger partial charge is 0.220 e. The highest BCUT2D eigenvalue weighted by atomic mass is 16.7. The van der Waals surface area contributed by atoms with Gasteiger partial charge >= 0.3 is 0 Å². The van der Waals surface area contributed by atoms with Gasteiger partial charge in [-0.2, -0.15) is 0 Å². The number of amides is 1. The summed E-state index contributed by atoms with van der Waals surface area (Å²) < 4.78 is 22.7. The molecule has 0 spiro atoms. The second-order valence-corrected chi connectivity index (χ2v) is 18.0. The predicted octanol–water partition coefficient (Wildman–Crippen LogP) is 5.83. The zero-order chi connectivity index (χ0) is 44.7. The van der Waals surface area contributed by atoms with Gasteiger partial charge in [-0.05, 0) is 12.8 Å². The lowest BCUT2D eigenvalue weighted by Crippen LogP contribution is -2.65. The molecular formula is C47H91NO13. The molecule has 0 aliphatic carbocycles. The van der Waals surface area contributed by atoms with E-state index in [1.807, 2.05) is 0 Å². The Bertz CT molecular complexity index is 1040. The lowest BCUT2D eigenvalue weighted by Gasteiger charge is -2.46. The molecule has 9 N–H and O–H groups in total. The average molecular weight is 878 g/mol. The van der Waals surface area contributed by atoms with Crippen LogP contribution in [0, 0.1) is 0 Å². The van der Waals surface area contributed by atoms with Gasteiger partial charge < -0.3 is 65.1 Å². The van der Waals surface area contributed by atoms with Crippen LogP contribution in [0.15, 0.2) is 0 Å². The Kier molecular flexibility index (Phi) is 32.5. The molecule has 61 heavy (non-hydrogen) atoms. The van der Waals surface area contributed by atoms with E-state index in [-0.39, 0.29) is 12.5 Å². The van der Waals surface area contributed by atoms with Crippen LogP contribution < -0.4 is 5.32 Å². The van der Waals surface area contributed by atoms with Crippen molar-refractivity contribution in [3.05, 3.63) is 0 Å². The highest BCUT2D eigenvalue weighted by Gasteiger charge is 2.51. The summed E-state index contributed by atoms with van der Waals surface area (Å²) in [4.78, 5) is 13.1. The maximum absolute atomic E-state index is 13.1. The Labute approximate surface area is 368 Å². The van der Waals surface area contributed by atoms with E-state index in [2.05, 4.69) is 19.2 Å². The van der Waals surface area contributed by atoms with Crippen molar-refractivity contribution in [1.29, 1.82) is 0 Å². The SMILES string of the molecule is CCCCCCCCCCCCCCCCC(O)C(COC1OC(CO)C(OC2OC(CO)C(O)C(O)C2O)C(O)C1O)NC(=O)CCCCCCCCCCCCCCC. The molecule has 12 unspecified atom stereocenters. The summed E-state index contributed by atoms with van der Waals surface area (Å²) in [5.41, 5.74) is 0. The van der Waals surface area contributed by atoms with Crippen molar-refractivity contribution in [2.75, 3.05) is 19.8 Å². The van der Waals surface area contributed by atoms with Crippen molar-refractivity contribution in [3.63, 3.8) is 0 Å². The van der Waals surface area contributed by atoms with Crippen molar-refractivity contribution in [2.24, 2.45) is 0 Å². The first-order valence-electron chi connectivity index (χ1n) is 24.8. The van der Waals surface area contributed by atoms with E-state index in [0.717, 1.165) is 51.4 Å². The number of hydrogen-bond donors (Lipinski definition) is 9. The third-order valence-electron chi connectivity index (χ3n) is 12.6. The minimum Gasteiger partial charge on any atom is -0.394 e. The third-order valence-corrected chi connectivity index (χ3v) is 12.6. The number of rotatable bonds is 38. The van der Waals surface area contributed by atoms with Crippen molar-refractivity contribution in [3.8, 4) is 0 Å². The molecule has 0 aromatic rings. The molecule has 362 valence electrons. The van der Waals surface area contributed by atoms with E-state index in [4.69, 9.17) is 18.9 Å². The highest BCUT2D eigenvalue weighted by Crippen LogP contribution is 2.30. The summed E-state index contributed by atoms with van der Waals surface area (Å²) in [6, 6.07) is -0.819. The van der Waals surface area contributed by atoms with Gasteiger partial charge in [-0.15, -0.1) is 0 Å². The molecule has 1 amide bonds. The maximum atomic E-state index is 13.1. The predicted molar refractivity (Wildman–Crippen MR) is 236 cm³/mol. The molecular weight excluding hydrogens is 787 g/mol. The fourth-order valence-electron chi connectivity index (χ4n) is 8.47. The van der Waals surface area contributed by atoms with E-state index in [9.17, 15) is 45.6 Å². The molecule has 0 radical (unpaired) electrons. The normalized spacial score (nSPS) is 27.9. The molecule has 2 heterocycles. The maximum Gasteiger partial charge on any atom is 0.220 e. The van der Waals surface area contributed by atoms with E-state index >= 15 is 0 Å². The standard InChI is InChI=1S/C47H91NO13/c1-3-5-7-9-11-13-15-17-19-20-22-24-26-28-30-36(51)35(48-39(52)31-29-27-25-23-21-18-16-14-12-10-8-6-4-2)34-58-46-44(57)42(55)45(38(33-50)60-46)61-47-43(56)41(54)40(53)37(32-49)59-47/h35-38,40-47,49-51,53-57H,3-34H2,1-2H3,(H,48,52). The van der Waals surface area contributed by atoms with Gasteiger partial charge in [0.2, 0.25) is 5.91 Å². The second-order valence-electron chi connectivity index (χ2n) is 18.0. The lowest BCUT2D eigenvalue weighted by molar-refractivity contribution is -0.359. The van der Waals surface area contributed by atoms with Crippen LogP contribution in [0.3, 0.4) is 0 Å².